The van der Waals surface area contributed by atoms with E-state index in [0.29, 0.717) is 23.1 Å². The number of sulfonamides is 1. The van der Waals surface area contributed by atoms with E-state index in [-0.39, 0.29) is 0 Å². The lowest BCUT2D eigenvalue weighted by atomic mass is 10.2. The van der Waals surface area contributed by atoms with Crippen LogP contribution in [0.3, 0.4) is 0 Å². The van der Waals surface area contributed by atoms with E-state index in [1.54, 1.807) is 42.1 Å². The zero-order valence-corrected chi connectivity index (χ0v) is 16.2. The van der Waals surface area contributed by atoms with Gasteiger partial charge in [0.25, 0.3) is 0 Å². The summed E-state index contributed by atoms with van der Waals surface area (Å²) in [5.74, 6) is 1.17. The van der Waals surface area contributed by atoms with Gasteiger partial charge in [-0.3, -0.25) is 0 Å². The first-order chi connectivity index (χ1) is 11.3. The first-order valence-corrected chi connectivity index (χ1v) is 10.5. The average Bonchev–Trinajstić information content (AvgIpc) is 2.80. The van der Waals surface area contributed by atoms with Gasteiger partial charge in [0.1, 0.15) is 0 Å². The lowest BCUT2D eigenvalue weighted by Gasteiger charge is -2.12. The number of hydrogen-bond donors (Lipinski definition) is 1. The zero-order valence-electron chi connectivity index (χ0n) is 14.6. The summed E-state index contributed by atoms with van der Waals surface area (Å²) in [5.41, 5.74) is 2.21. The molecule has 0 bridgehead atoms. The molecule has 24 heavy (non-hydrogen) atoms. The fraction of sp³-hybridized carbons (Fsp3) is 0.471. The Kier molecular flexibility index (Phi) is 6.48. The molecule has 1 heterocycles. The summed E-state index contributed by atoms with van der Waals surface area (Å²) in [4.78, 5) is 4.90. The fourth-order valence-electron chi connectivity index (χ4n) is 2.32. The summed E-state index contributed by atoms with van der Waals surface area (Å²) < 4.78 is 29.2. The minimum atomic E-state index is -3.44. The van der Waals surface area contributed by atoms with Gasteiger partial charge in [-0.05, 0) is 31.9 Å². The summed E-state index contributed by atoms with van der Waals surface area (Å²) in [6, 6.07) is 8.43. The Labute approximate surface area is 148 Å². The van der Waals surface area contributed by atoms with Crippen molar-refractivity contribution >= 4 is 21.8 Å². The molecule has 2 aromatic rings. The van der Waals surface area contributed by atoms with Gasteiger partial charge in [-0.25, -0.2) is 18.1 Å². The molecule has 0 saturated heterocycles. The molecule has 0 fully saturated rings. The van der Waals surface area contributed by atoms with E-state index < -0.39 is 10.0 Å². The van der Waals surface area contributed by atoms with E-state index in [4.69, 9.17) is 0 Å². The summed E-state index contributed by atoms with van der Waals surface area (Å²) in [6.07, 6.45) is 0. The Bertz CT molecular complexity index is 769. The van der Waals surface area contributed by atoms with Crippen LogP contribution in [0.15, 0.2) is 40.4 Å². The lowest BCUT2D eigenvalue weighted by molar-refractivity contribution is 0.486. The Balaban J connectivity index is 1.94. The number of benzene rings is 1. The summed E-state index contributed by atoms with van der Waals surface area (Å²) in [7, 11) is -3.44. The molecule has 0 aliphatic carbocycles. The molecule has 1 aromatic carbocycles. The van der Waals surface area contributed by atoms with Crippen LogP contribution in [0.1, 0.15) is 25.2 Å². The molecule has 2 rings (SSSR count). The molecule has 0 amide bonds. The van der Waals surface area contributed by atoms with Crippen molar-refractivity contribution in [2.45, 2.75) is 44.3 Å². The number of thioether (sulfide) groups is 1. The number of rotatable bonds is 8. The second-order valence-electron chi connectivity index (χ2n) is 6.13. The third kappa shape index (κ3) is 4.84. The monoisotopic (exact) mass is 367 g/mol. The molecule has 0 radical (unpaired) electrons. The molecule has 7 heteroatoms. The second kappa shape index (κ2) is 8.18. The molecule has 0 aliphatic heterocycles. The topological polar surface area (TPSA) is 64.0 Å². The molecule has 0 spiro atoms. The van der Waals surface area contributed by atoms with Crippen LogP contribution in [0.5, 0.6) is 0 Å². The quantitative estimate of drug-likeness (QED) is 0.575. The third-order valence-corrected chi connectivity index (χ3v) is 6.10. The van der Waals surface area contributed by atoms with Crippen molar-refractivity contribution in [3.63, 3.8) is 0 Å². The van der Waals surface area contributed by atoms with Gasteiger partial charge in [-0.2, -0.15) is 0 Å². The maximum Gasteiger partial charge on any atom is 0.240 e. The lowest BCUT2D eigenvalue weighted by Crippen LogP contribution is -2.26. The van der Waals surface area contributed by atoms with Crippen LogP contribution in [0.4, 0.5) is 0 Å². The highest BCUT2D eigenvalue weighted by atomic mass is 32.2. The molecule has 0 aliphatic rings. The van der Waals surface area contributed by atoms with Gasteiger partial charge in [0.15, 0.2) is 5.16 Å². The van der Waals surface area contributed by atoms with Crippen molar-refractivity contribution in [2.75, 3.05) is 12.3 Å². The number of nitrogens with one attached hydrogen (secondary N) is 1. The highest BCUT2D eigenvalue weighted by Gasteiger charge is 2.15. The first kappa shape index (κ1) is 19.0. The van der Waals surface area contributed by atoms with E-state index in [9.17, 15) is 8.42 Å². The Morgan fingerprint density at radius 1 is 1.21 bits per heavy atom. The molecule has 132 valence electrons. The molecule has 1 N–H and O–H groups in total. The second-order valence-corrected chi connectivity index (χ2v) is 8.96. The van der Waals surface area contributed by atoms with Crippen molar-refractivity contribution in [3.8, 4) is 0 Å². The van der Waals surface area contributed by atoms with Crippen molar-refractivity contribution in [1.29, 1.82) is 0 Å². The van der Waals surface area contributed by atoms with E-state index >= 15 is 0 Å². The van der Waals surface area contributed by atoms with Crippen LogP contribution < -0.4 is 4.72 Å². The molecule has 1 aromatic heterocycles. The smallest absolute Gasteiger partial charge is 0.240 e. The highest BCUT2D eigenvalue weighted by Crippen LogP contribution is 2.22. The normalized spacial score (nSPS) is 12.0. The van der Waals surface area contributed by atoms with Crippen molar-refractivity contribution in [1.82, 2.24) is 14.3 Å². The predicted octanol–water partition coefficient (Wildman–Crippen LogP) is 3.23. The van der Waals surface area contributed by atoms with Gasteiger partial charge in [-0.1, -0.05) is 43.8 Å². The van der Waals surface area contributed by atoms with Crippen molar-refractivity contribution < 1.29 is 8.42 Å². The standard InChI is InChI=1S/C17H25N3O2S2/c1-13(2)12-20-15(4)14(3)19-17(20)23-11-10-18-24(21,22)16-8-6-5-7-9-16/h5-9,13,18H,10-12H2,1-4H3. The number of imidazole rings is 1. The van der Waals surface area contributed by atoms with Gasteiger partial charge < -0.3 is 4.57 Å². The third-order valence-electron chi connectivity index (χ3n) is 3.65. The van der Waals surface area contributed by atoms with E-state index in [1.165, 1.54) is 5.69 Å². The van der Waals surface area contributed by atoms with Crippen LogP contribution in [0, 0.1) is 19.8 Å². The predicted molar refractivity (Wildman–Crippen MR) is 98.9 cm³/mol. The summed E-state index contributed by atoms with van der Waals surface area (Å²) >= 11 is 1.58. The Hall–Kier alpha value is -1.31. The Morgan fingerprint density at radius 3 is 2.50 bits per heavy atom. The van der Waals surface area contributed by atoms with Crippen molar-refractivity contribution in [3.05, 3.63) is 41.7 Å². The molecule has 0 atom stereocenters. The van der Waals surface area contributed by atoms with Crippen LogP contribution in [-0.2, 0) is 16.6 Å². The molecule has 0 unspecified atom stereocenters. The van der Waals surface area contributed by atoms with E-state index in [2.05, 4.69) is 35.0 Å². The largest absolute Gasteiger partial charge is 0.323 e. The SMILES string of the molecule is Cc1nc(SCCNS(=O)(=O)c2ccccc2)n(CC(C)C)c1C. The molecular weight excluding hydrogens is 342 g/mol. The zero-order chi connectivity index (χ0) is 17.7. The van der Waals surface area contributed by atoms with Crippen molar-refractivity contribution in [2.24, 2.45) is 5.92 Å². The van der Waals surface area contributed by atoms with Gasteiger partial charge in [0.05, 0.1) is 10.6 Å². The maximum absolute atomic E-state index is 12.2. The first-order valence-electron chi connectivity index (χ1n) is 8.02. The van der Waals surface area contributed by atoms with Gasteiger partial charge in [0.2, 0.25) is 10.0 Å². The molecule has 5 nitrogen and oxygen atoms in total. The Morgan fingerprint density at radius 2 is 1.88 bits per heavy atom. The molecule has 0 saturated carbocycles. The number of aryl methyl sites for hydroxylation is 1. The minimum absolute atomic E-state index is 0.294. The van der Waals surface area contributed by atoms with Gasteiger partial charge in [0, 0.05) is 24.5 Å². The summed E-state index contributed by atoms with van der Waals surface area (Å²) in [5, 5.41) is 0.956. The summed E-state index contributed by atoms with van der Waals surface area (Å²) in [6.45, 7) is 9.73. The fourth-order valence-corrected chi connectivity index (χ4v) is 4.45. The van der Waals surface area contributed by atoms with E-state index in [0.717, 1.165) is 17.4 Å². The average molecular weight is 368 g/mol. The number of nitrogens with zero attached hydrogens (tertiary/aromatic N) is 2. The van der Waals surface area contributed by atoms with Crippen LogP contribution in [0.2, 0.25) is 0 Å². The van der Waals surface area contributed by atoms with E-state index in [1.807, 2.05) is 6.92 Å². The highest BCUT2D eigenvalue weighted by molar-refractivity contribution is 7.99. The maximum atomic E-state index is 12.2. The van der Waals surface area contributed by atoms with Crippen LogP contribution in [-0.4, -0.2) is 30.3 Å². The number of hydrogen-bond acceptors (Lipinski definition) is 4. The van der Waals surface area contributed by atoms with Crippen LogP contribution >= 0.6 is 11.8 Å². The van der Waals surface area contributed by atoms with Gasteiger partial charge in [-0.15, -0.1) is 0 Å². The molecular formula is C17H25N3O2S2. The number of aromatic nitrogens is 2. The van der Waals surface area contributed by atoms with Crippen LogP contribution in [0.25, 0.3) is 0 Å². The minimum Gasteiger partial charge on any atom is -0.323 e. The van der Waals surface area contributed by atoms with Gasteiger partial charge >= 0.3 is 0 Å².